The van der Waals surface area contributed by atoms with E-state index >= 15 is 0 Å². The van der Waals surface area contributed by atoms with Gasteiger partial charge in [0.25, 0.3) is 5.69 Å². The first-order valence-corrected chi connectivity index (χ1v) is 9.67. The summed E-state index contributed by atoms with van der Waals surface area (Å²) in [4.78, 5) is 20.8. The maximum Gasteiger partial charge on any atom is 0.285 e. The zero-order chi connectivity index (χ0) is 22.2. The number of halogens is 2. The molecule has 4 rings (SSSR count). The minimum atomic E-state index is -0.928. The molecule has 0 unspecified atom stereocenters. The van der Waals surface area contributed by atoms with Crippen molar-refractivity contribution in [1.82, 2.24) is 9.97 Å². The van der Waals surface area contributed by atoms with Crippen LogP contribution in [0.3, 0.4) is 0 Å². The first kappa shape index (κ1) is 20.8. The van der Waals surface area contributed by atoms with Crippen molar-refractivity contribution >= 4 is 39.7 Å². The van der Waals surface area contributed by atoms with E-state index in [4.69, 9.17) is 22.1 Å². The van der Waals surface area contributed by atoms with Crippen LogP contribution < -0.4 is 10.6 Å². The molecule has 1 atom stereocenters. The number of ether oxygens (including phenoxy) is 1. The highest BCUT2D eigenvalue weighted by molar-refractivity contribution is 6.31. The van der Waals surface area contributed by atoms with E-state index in [1.54, 1.807) is 17.0 Å². The fourth-order valence-electron chi connectivity index (χ4n) is 3.59. The van der Waals surface area contributed by atoms with Crippen molar-refractivity contribution in [2.45, 2.75) is 12.0 Å². The van der Waals surface area contributed by atoms with Crippen LogP contribution in [0.1, 0.15) is 12.0 Å². The Morgan fingerprint density at radius 1 is 1.39 bits per heavy atom. The molecule has 2 N–H and O–H groups in total. The number of nitro groups is 1. The maximum absolute atomic E-state index is 14.4. The lowest BCUT2D eigenvalue weighted by molar-refractivity contribution is -0.385. The van der Waals surface area contributed by atoms with Crippen molar-refractivity contribution in [2.24, 2.45) is 0 Å². The minimum absolute atomic E-state index is 0.0338. The number of fused-ring (bicyclic) bond motifs is 1. The Bertz CT molecular complexity index is 1260. The van der Waals surface area contributed by atoms with Crippen molar-refractivity contribution in [3.05, 3.63) is 63.2 Å². The van der Waals surface area contributed by atoms with E-state index in [9.17, 15) is 14.5 Å². The maximum atomic E-state index is 14.4. The summed E-state index contributed by atoms with van der Waals surface area (Å²) in [6.45, 7) is 0.771. The summed E-state index contributed by atoms with van der Waals surface area (Å²) in [6, 6.07) is 7.61. The summed E-state index contributed by atoms with van der Waals surface area (Å²) in [5, 5.41) is 12.0. The fourth-order valence-corrected chi connectivity index (χ4v) is 3.76. The predicted octanol–water partition coefficient (Wildman–Crippen LogP) is 3.56. The lowest BCUT2D eigenvalue weighted by Crippen LogP contribution is -2.34. The molecule has 2 heterocycles. The van der Waals surface area contributed by atoms with Gasteiger partial charge >= 0.3 is 0 Å². The monoisotopic (exact) mass is 441 g/mol. The van der Waals surface area contributed by atoms with Crippen LogP contribution in [-0.2, 0) is 4.74 Å². The first-order chi connectivity index (χ1) is 14.8. The number of anilines is 2. The van der Waals surface area contributed by atoms with Gasteiger partial charge in [0.05, 0.1) is 27.7 Å². The molecule has 1 saturated heterocycles. The molecule has 1 aliphatic heterocycles. The van der Waals surface area contributed by atoms with Gasteiger partial charge in [-0.3, -0.25) is 10.1 Å². The molecule has 0 bridgehead atoms. The smallest absolute Gasteiger partial charge is 0.285 e. The Kier molecular flexibility index (Phi) is 5.35. The van der Waals surface area contributed by atoms with E-state index in [0.29, 0.717) is 29.6 Å². The minimum Gasteiger partial charge on any atom is -0.383 e. The molecule has 10 heteroatoms. The lowest BCUT2D eigenvalue weighted by atomic mass is 10.0. The zero-order valence-corrected chi connectivity index (χ0v) is 17.2. The third-order valence-corrected chi connectivity index (χ3v) is 5.59. The van der Waals surface area contributed by atoms with Crippen LogP contribution in [0.15, 0.2) is 36.7 Å². The van der Waals surface area contributed by atoms with Gasteiger partial charge in [-0.1, -0.05) is 29.5 Å². The standard InChI is InChI=1S/C21H17ClFN5O3/c1-31-21(7-8-27(11-21)17-4-2-3-15(22)19(17)23)6-5-13-9-16-14(10-18(13)28(29)30)20(24)26-12-25-16/h2-4,9-10,12H,7-8,11H2,1H3,(H2,24,25,26)/t21-/m0/s1. The van der Waals surface area contributed by atoms with Crippen LogP contribution in [-0.4, -0.2) is 40.7 Å². The first-order valence-electron chi connectivity index (χ1n) is 9.29. The Labute approximate surface area is 181 Å². The molecule has 31 heavy (non-hydrogen) atoms. The largest absolute Gasteiger partial charge is 0.383 e. The summed E-state index contributed by atoms with van der Waals surface area (Å²) < 4.78 is 20.1. The van der Waals surface area contributed by atoms with Gasteiger partial charge in [-0.2, -0.15) is 0 Å². The number of aromatic nitrogens is 2. The van der Waals surface area contributed by atoms with Gasteiger partial charge in [0.15, 0.2) is 5.82 Å². The van der Waals surface area contributed by atoms with Crippen LogP contribution in [0.2, 0.25) is 5.02 Å². The number of methoxy groups -OCH3 is 1. The van der Waals surface area contributed by atoms with Crippen LogP contribution >= 0.6 is 11.6 Å². The van der Waals surface area contributed by atoms with Gasteiger partial charge in [0.1, 0.15) is 23.3 Å². The number of hydrogen-bond donors (Lipinski definition) is 1. The second-order valence-corrected chi connectivity index (χ2v) is 7.50. The summed E-state index contributed by atoms with van der Waals surface area (Å²) in [5.74, 6) is 5.54. The van der Waals surface area contributed by atoms with Crippen molar-refractivity contribution in [1.29, 1.82) is 0 Å². The zero-order valence-electron chi connectivity index (χ0n) is 16.4. The van der Waals surface area contributed by atoms with Gasteiger partial charge in [-0.15, -0.1) is 0 Å². The van der Waals surface area contributed by atoms with Crippen LogP contribution in [0, 0.1) is 27.8 Å². The van der Waals surface area contributed by atoms with Crippen molar-refractivity contribution in [2.75, 3.05) is 30.8 Å². The average Bonchev–Trinajstić information content (AvgIpc) is 3.18. The number of nitrogens with zero attached hydrogens (tertiary/aromatic N) is 4. The Hall–Kier alpha value is -3.48. The Balaban J connectivity index is 1.71. The van der Waals surface area contributed by atoms with Gasteiger partial charge in [0, 0.05) is 31.5 Å². The van der Waals surface area contributed by atoms with Crippen molar-refractivity contribution < 1.29 is 14.1 Å². The molecule has 0 amide bonds. The van der Waals surface area contributed by atoms with E-state index in [1.165, 1.54) is 31.6 Å². The van der Waals surface area contributed by atoms with E-state index < -0.39 is 16.3 Å². The van der Waals surface area contributed by atoms with Crippen LogP contribution in [0.5, 0.6) is 0 Å². The predicted molar refractivity (Wildman–Crippen MR) is 115 cm³/mol. The third-order valence-electron chi connectivity index (χ3n) is 5.30. The molecular formula is C21H17ClFN5O3. The highest BCUT2D eigenvalue weighted by atomic mass is 35.5. The molecule has 0 saturated carbocycles. The summed E-state index contributed by atoms with van der Waals surface area (Å²) >= 11 is 5.90. The number of rotatable bonds is 3. The number of hydrogen-bond acceptors (Lipinski definition) is 7. The average molecular weight is 442 g/mol. The Morgan fingerprint density at radius 3 is 2.94 bits per heavy atom. The normalized spacial score (nSPS) is 18.1. The summed E-state index contributed by atoms with van der Waals surface area (Å²) in [5.41, 5.74) is 5.66. The number of nitrogens with two attached hydrogens (primary N) is 1. The fraction of sp³-hybridized carbons (Fsp3) is 0.238. The second-order valence-electron chi connectivity index (χ2n) is 7.10. The van der Waals surface area contributed by atoms with E-state index in [-0.39, 0.29) is 28.6 Å². The van der Waals surface area contributed by atoms with Crippen LogP contribution in [0.25, 0.3) is 10.9 Å². The van der Waals surface area contributed by atoms with Crippen LogP contribution in [0.4, 0.5) is 21.6 Å². The van der Waals surface area contributed by atoms with E-state index in [1.807, 2.05) is 0 Å². The number of nitro benzene ring substituents is 1. The third kappa shape index (κ3) is 3.83. The summed E-state index contributed by atoms with van der Waals surface area (Å²) in [7, 11) is 1.51. The molecule has 1 aromatic heterocycles. The molecule has 0 aliphatic carbocycles. The van der Waals surface area contributed by atoms with Crippen molar-refractivity contribution in [3.63, 3.8) is 0 Å². The molecule has 2 aromatic carbocycles. The van der Waals surface area contributed by atoms with Gasteiger partial charge in [-0.25, -0.2) is 14.4 Å². The summed E-state index contributed by atoms with van der Waals surface area (Å²) in [6.07, 6.45) is 1.77. The number of benzene rings is 2. The van der Waals surface area contributed by atoms with E-state index in [2.05, 4.69) is 21.8 Å². The molecule has 0 radical (unpaired) electrons. The quantitative estimate of drug-likeness (QED) is 0.376. The molecule has 1 aliphatic rings. The molecule has 1 fully saturated rings. The van der Waals surface area contributed by atoms with E-state index in [0.717, 1.165) is 0 Å². The molecule has 0 spiro atoms. The number of nitrogen functional groups attached to an aromatic ring is 1. The molecular weight excluding hydrogens is 425 g/mol. The topological polar surface area (TPSA) is 107 Å². The molecule has 158 valence electrons. The molecule has 8 nitrogen and oxygen atoms in total. The highest BCUT2D eigenvalue weighted by Crippen LogP contribution is 2.33. The van der Waals surface area contributed by atoms with Gasteiger partial charge in [-0.05, 0) is 18.2 Å². The van der Waals surface area contributed by atoms with Gasteiger partial charge in [0.2, 0.25) is 0 Å². The van der Waals surface area contributed by atoms with Gasteiger partial charge < -0.3 is 15.4 Å². The lowest BCUT2D eigenvalue weighted by Gasteiger charge is -2.24. The Morgan fingerprint density at radius 2 is 2.19 bits per heavy atom. The van der Waals surface area contributed by atoms with Crippen molar-refractivity contribution in [3.8, 4) is 11.8 Å². The highest BCUT2D eigenvalue weighted by Gasteiger charge is 2.38. The second kappa shape index (κ2) is 7.98. The molecule has 3 aromatic rings. The SMILES string of the molecule is CO[C@@]1(C#Cc2cc3ncnc(N)c3cc2[N+](=O)[O-])CCN(c2cccc(Cl)c2F)C1.